The van der Waals surface area contributed by atoms with Crippen LogP contribution in [-0.2, 0) is 6.42 Å². The summed E-state index contributed by atoms with van der Waals surface area (Å²) in [6.07, 6.45) is 4.65. The van der Waals surface area contributed by atoms with Crippen LogP contribution in [0, 0.1) is 28.6 Å². The number of anilines is 2. The number of nitrogens with one attached hydrogen (secondary N) is 3. The highest BCUT2D eigenvalue weighted by Crippen LogP contribution is 2.24. The van der Waals surface area contributed by atoms with Crippen LogP contribution < -0.4 is 16.4 Å². The molecule has 0 aliphatic rings. The Balaban J connectivity index is 0. The Bertz CT molecular complexity index is 827. The van der Waals surface area contributed by atoms with Crippen molar-refractivity contribution in [3.63, 3.8) is 0 Å². The lowest BCUT2D eigenvalue weighted by atomic mass is 10.1. The van der Waals surface area contributed by atoms with Gasteiger partial charge in [-0.1, -0.05) is 69.3 Å². The van der Waals surface area contributed by atoms with Gasteiger partial charge in [0, 0.05) is 25.5 Å². The van der Waals surface area contributed by atoms with Crippen molar-refractivity contribution in [2.75, 3.05) is 30.3 Å². The quantitative estimate of drug-likeness (QED) is 0.239. The molecule has 2 rings (SSSR count). The molecule has 0 spiro atoms. The summed E-state index contributed by atoms with van der Waals surface area (Å²) in [6.45, 7) is 14.2. The summed E-state index contributed by atoms with van der Waals surface area (Å²) in [7, 11) is 0. The standard InChI is InChI=1S/C18H20N6O.C2H5N.2C2H6/c1-13-2-4-14(5-3-13)6-7-21-17-15(10-19)12-23-18(16(17)11-20)22-8-9-24-25;1-2-3;2*1-2/h2-5,11-12,20H,6-9H2,1H3,(H2,21,22,23);2H,1,3H2;2*1-2H3. The van der Waals surface area contributed by atoms with E-state index >= 15 is 0 Å². The van der Waals surface area contributed by atoms with Crippen LogP contribution in [-0.4, -0.2) is 30.8 Å². The highest BCUT2D eigenvalue weighted by Gasteiger charge is 2.13. The van der Waals surface area contributed by atoms with E-state index in [-0.39, 0.29) is 6.54 Å². The minimum atomic E-state index is 0.106. The smallest absolute Gasteiger partial charge is 0.137 e. The maximum atomic E-state index is 10.2. The SMILES string of the molecule is C=CN.CC.CC.Cc1ccc(CCNc2c(C#N)cnc(NCCN=O)c2C=N)cc1. The first-order valence-corrected chi connectivity index (χ1v) is 10.7. The van der Waals surface area contributed by atoms with E-state index in [0.29, 0.717) is 35.7 Å². The van der Waals surface area contributed by atoms with E-state index in [1.807, 2.05) is 34.6 Å². The number of aryl methyl sites for hydroxylation is 1. The Labute approximate surface area is 192 Å². The zero-order valence-corrected chi connectivity index (χ0v) is 19.9. The Morgan fingerprint density at radius 1 is 1.19 bits per heavy atom. The van der Waals surface area contributed by atoms with Crippen molar-refractivity contribution >= 4 is 17.7 Å². The number of nitrogens with zero attached hydrogens (tertiary/aromatic N) is 3. The van der Waals surface area contributed by atoms with Gasteiger partial charge in [0.2, 0.25) is 0 Å². The van der Waals surface area contributed by atoms with E-state index in [2.05, 4.69) is 63.4 Å². The third-order valence-corrected chi connectivity index (χ3v) is 3.71. The summed E-state index contributed by atoms with van der Waals surface area (Å²) in [4.78, 5) is 14.4. The molecule has 0 aliphatic heterocycles. The van der Waals surface area contributed by atoms with Gasteiger partial charge in [0.1, 0.15) is 11.9 Å². The van der Waals surface area contributed by atoms with Gasteiger partial charge >= 0.3 is 0 Å². The summed E-state index contributed by atoms with van der Waals surface area (Å²) in [5, 5.41) is 26.0. The normalized spacial score (nSPS) is 8.50. The van der Waals surface area contributed by atoms with Crippen LogP contribution in [0.3, 0.4) is 0 Å². The Kier molecular flexibility index (Phi) is 19.6. The molecule has 0 atom stereocenters. The molecule has 8 nitrogen and oxygen atoms in total. The van der Waals surface area contributed by atoms with Gasteiger partial charge in [0.25, 0.3) is 0 Å². The monoisotopic (exact) mass is 439 g/mol. The number of hydrogen-bond donors (Lipinski definition) is 4. The average Bonchev–Trinajstić information content (AvgIpc) is 2.83. The Morgan fingerprint density at radius 2 is 1.78 bits per heavy atom. The molecule has 1 aromatic heterocycles. The molecular formula is C24H37N7O. The lowest BCUT2D eigenvalue weighted by Gasteiger charge is -2.15. The molecule has 0 radical (unpaired) electrons. The summed E-state index contributed by atoms with van der Waals surface area (Å²) in [5.74, 6) is 0.454. The lowest BCUT2D eigenvalue weighted by Crippen LogP contribution is -2.13. The molecule has 8 heteroatoms. The fourth-order valence-electron chi connectivity index (χ4n) is 2.39. The predicted octanol–water partition coefficient (Wildman–Crippen LogP) is 5.23. The van der Waals surface area contributed by atoms with Crippen molar-refractivity contribution < 1.29 is 0 Å². The second kappa shape index (κ2) is 20.5. The van der Waals surface area contributed by atoms with E-state index in [1.165, 1.54) is 23.5 Å². The lowest BCUT2D eigenvalue weighted by molar-refractivity contribution is 0.995. The molecule has 1 heterocycles. The number of hydrogen-bond acceptors (Lipinski definition) is 8. The van der Waals surface area contributed by atoms with E-state index in [1.54, 1.807) is 0 Å². The molecule has 0 amide bonds. The van der Waals surface area contributed by atoms with Gasteiger partial charge in [0.15, 0.2) is 0 Å². The predicted molar refractivity (Wildman–Crippen MR) is 136 cm³/mol. The first-order valence-electron chi connectivity index (χ1n) is 10.7. The largest absolute Gasteiger partial charge is 0.405 e. The summed E-state index contributed by atoms with van der Waals surface area (Å²) < 4.78 is 0. The molecule has 0 saturated heterocycles. The van der Waals surface area contributed by atoms with Gasteiger partial charge in [-0.15, -0.1) is 0 Å². The van der Waals surface area contributed by atoms with E-state index in [4.69, 9.17) is 5.41 Å². The van der Waals surface area contributed by atoms with Gasteiger partial charge in [0.05, 0.1) is 23.4 Å². The van der Waals surface area contributed by atoms with Crippen molar-refractivity contribution in [1.29, 1.82) is 10.7 Å². The van der Waals surface area contributed by atoms with Gasteiger partial charge in [-0.3, -0.25) is 0 Å². The van der Waals surface area contributed by atoms with Crippen molar-refractivity contribution in [3.05, 3.63) is 70.4 Å². The first-order chi connectivity index (χ1) is 15.6. The maximum absolute atomic E-state index is 10.2. The van der Waals surface area contributed by atoms with Crippen LogP contribution in [0.4, 0.5) is 11.5 Å². The molecular weight excluding hydrogens is 402 g/mol. The molecule has 1 aromatic carbocycles. The second-order valence-corrected chi connectivity index (χ2v) is 5.74. The number of nitroso groups, excluding NO2 is 1. The summed E-state index contributed by atoms with van der Waals surface area (Å²) in [5.41, 5.74) is 8.46. The minimum Gasteiger partial charge on any atom is -0.405 e. The van der Waals surface area contributed by atoms with Crippen LogP contribution in [0.1, 0.15) is 49.9 Å². The molecule has 0 fully saturated rings. The van der Waals surface area contributed by atoms with E-state index < -0.39 is 0 Å². The zero-order valence-electron chi connectivity index (χ0n) is 19.9. The molecule has 32 heavy (non-hydrogen) atoms. The number of benzene rings is 1. The van der Waals surface area contributed by atoms with Gasteiger partial charge in [-0.25, -0.2) is 4.98 Å². The van der Waals surface area contributed by atoms with E-state index in [9.17, 15) is 10.2 Å². The van der Waals surface area contributed by atoms with Gasteiger partial charge < -0.3 is 21.8 Å². The van der Waals surface area contributed by atoms with E-state index in [0.717, 1.165) is 12.6 Å². The number of aromatic nitrogens is 1. The van der Waals surface area contributed by atoms with Gasteiger partial charge in [-0.2, -0.15) is 10.2 Å². The molecule has 174 valence electrons. The van der Waals surface area contributed by atoms with Gasteiger partial charge in [-0.05, 0) is 25.1 Å². The molecule has 0 bridgehead atoms. The maximum Gasteiger partial charge on any atom is 0.137 e. The molecule has 0 unspecified atom stereocenters. The van der Waals surface area contributed by atoms with Crippen molar-refractivity contribution in [2.45, 2.75) is 41.0 Å². The summed E-state index contributed by atoms with van der Waals surface area (Å²) >= 11 is 0. The summed E-state index contributed by atoms with van der Waals surface area (Å²) in [6, 6.07) is 10.4. The van der Waals surface area contributed by atoms with Crippen LogP contribution in [0.5, 0.6) is 0 Å². The molecule has 2 aromatic rings. The fraction of sp³-hybridized carbons (Fsp3) is 0.375. The first kappa shape index (κ1) is 30.5. The Hall–Kier alpha value is -3.73. The number of nitrogens with two attached hydrogens (primary N) is 1. The third kappa shape index (κ3) is 11.5. The highest BCUT2D eigenvalue weighted by atomic mass is 16.3. The number of rotatable bonds is 9. The van der Waals surface area contributed by atoms with Crippen LogP contribution in [0.25, 0.3) is 0 Å². The highest BCUT2D eigenvalue weighted by molar-refractivity contribution is 5.94. The van der Waals surface area contributed by atoms with Crippen LogP contribution >= 0.6 is 0 Å². The molecule has 0 saturated carbocycles. The third-order valence-electron chi connectivity index (χ3n) is 3.71. The molecule has 5 N–H and O–H groups in total. The minimum absolute atomic E-state index is 0.106. The second-order valence-electron chi connectivity index (χ2n) is 5.74. The van der Waals surface area contributed by atoms with Crippen molar-refractivity contribution in [3.8, 4) is 6.07 Å². The molecule has 0 aliphatic carbocycles. The topological polar surface area (TPSA) is 140 Å². The fourth-order valence-corrected chi connectivity index (χ4v) is 2.39. The average molecular weight is 440 g/mol. The van der Waals surface area contributed by atoms with Crippen LogP contribution in [0.2, 0.25) is 0 Å². The Morgan fingerprint density at radius 3 is 2.28 bits per heavy atom. The number of nitriles is 1. The number of pyridine rings is 1. The van der Waals surface area contributed by atoms with Crippen molar-refractivity contribution in [2.24, 2.45) is 10.9 Å². The van der Waals surface area contributed by atoms with Crippen LogP contribution in [0.15, 0.2) is 48.4 Å². The van der Waals surface area contributed by atoms with Crippen molar-refractivity contribution in [1.82, 2.24) is 4.98 Å². The zero-order chi connectivity index (χ0) is 24.8.